The Balaban J connectivity index is 1.48. The molecule has 2 aliphatic heterocycles. The first-order valence-electron chi connectivity index (χ1n) is 10.7. The number of hydrogen-bond acceptors (Lipinski definition) is 5. The predicted octanol–water partition coefficient (Wildman–Crippen LogP) is 3.21. The number of hydrogen-bond donors (Lipinski definition) is 1. The van der Waals surface area contributed by atoms with E-state index in [0.29, 0.717) is 40.7 Å². The van der Waals surface area contributed by atoms with E-state index in [2.05, 4.69) is 11.1 Å². The van der Waals surface area contributed by atoms with Crippen LogP contribution in [0.5, 0.6) is 5.88 Å². The molecule has 0 radical (unpaired) electrons. The van der Waals surface area contributed by atoms with Gasteiger partial charge in [-0.2, -0.15) is 5.26 Å². The Morgan fingerprint density at radius 1 is 1.18 bits per heavy atom. The molecule has 0 saturated carbocycles. The lowest BCUT2D eigenvalue weighted by Crippen LogP contribution is -2.37. The molecular weight excluding hydrogens is 418 g/mol. The van der Waals surface area contributed by atoms with E-state index in [4.69, 9.17) is 0 Å². The van der Waals surface area contributed by atoms with Crippen molar-refractivity contribution in [2.45, 2.75) is 25.4 Å². The number of fused-ring (bicyclic) bond motifs is 6. The van der Waals surface area contributed by atoms with E-state index < -0.39 is 0 Å². The number of nitrogens with zero attached hydrogens (tertiary/aromatic N) is 5. The molecule has 1 fully saturated rings. The van der Waals surface area contributed by atoms with Crippen molar-refractivity contribution < 1.29 is 9.90 Å². The first-order valence-corrected chi connectivity index (χ1v) is 10.7. The number of aryl methyl sites for hydroxylation is 1. The molecule has 162 valence electrons. The molecule has 8 heteroatoms. The Morgan fingerprint density at radius 2 is 1.97 bits per heavy atom. The topological polar surface area (TPSA) is 104 Å². The number of amides is 1. The molecule has 1 amide bonds. The molecule has 4 heterocycles. The number of benzene rings is 2. The molecule has 2 aromatic heterocycles. The van der Waals surface area contributed by atoms with E-state index in [9.17, 15) is 20.0 Å². The third kappa shape index (κ3) is 2.59. The van der Waals surface area contributed by atoms with E-state index >= 15 is 0 Å². The van der Waals surface area contributed by atoms with Crippen LogP contribution in [-0.2, 0) is 0 Å². The van der Waals surface area contributed by atoms with Crippen LogP contribution in [0.15, 0.2) is 59.5 Å². The van der Waals surface area contributed by atoms with Crippen LogP contribution >= 0.6 is 0 Å². The first-order chi connectivity index (χ1) is 16.0. The maximum atomic E-state index is 13.4. The van der Waals surface area contributed by atoms with Gasteiger partial charge in [-0.15, -0.1) is 0 Å². The third-order valence-corrected chi connectivity index (χ3v) is 6.70. The van der Waals surface area contributed by atoms with Crippen molar-refractivity contribution in [2.24, 2.45) is 0 Å². The van der Waals surface area contributed by atoms with Gasteiger partial charge in [0.05, 0.1) is 24.0 Å². The van der Waals surface area contributed by atoms with Crippen LogP contribution in [-0.4, -0.2) is 36.6 Å². The fraction of sp³-hybridized carbons (Fsp3) is 0.200. The van der Waals surface area contributed by atoms with Gasteiger partial charge in [0.1, 0.15) is 17.5 Å². The van der Waals surface area contributed by atoms with Crippen LogP contribution in [0.2, 0.25) is 0 Å². The second-order valence-electron chi connectivity index (χ2n) is 8.58. The Kier molecular flexibility index (Phi) is 3.98. The van der Waals surface area contributed by atoms with Crippen molar-refractivity contribution in [3.63, 3.8) is 0 Å². The molecular formula is C25H19N5O3. The van der Waals surface area contributed by atoms with E-state index in [0.717, 1.165) is 5.56 Å². The van der Waals surface area contributed by atoms with Gasteiger partial charge >= 0.3 is 5.69 Å². The van der Waals surface area contributed by atoms with Crippen molar-refractivity contribution in [2.75, 3.05) is 6.54 Å². The number of carbonyl (C=O) groups is 1. The van der Waals surface area contributed by atoms with Crippen molar-refractivity contribution in [3.8, 4) is 17.6 Å². The maximum Gasteiger partial charge on any atom is 0.336 e. The highest BCUT2D eigenvalue weighted by atomic mass is 16.3. The molecule has 1 N–H and O–H groups in total. The molecule has 1 saturated heterocycles. The van der Waals surface area contributed by atoms with Crippen LogP contribution < -0.4 is 5.69 Å². The van der Waals surface area contributed by atoms with Crippen molar-refractivity contribution in [1.29, 1.82) is 5.26 Å². The Morgan fingerprint density at radius 3 is 2.73 bits per heavy atom. The minimum absolute atomic E-state index is 0.109. The zero-order valence-electron chi connectivity index (χ0n) is 17.8. The molecule has 2 unspecified atom stereocenters. The number of aromatic hydroxyl groups is 1. The van der Waals surface area contributed by atoms with Crippen LogP contribution in [0.25, 0.3) is 16.5 Å². The van der Waals surface area contributed by atoms with Gasteiger partial charge in [-0.05, 0) is 25.5 Å². The highest BCUT2D eigenvalue weighted by molar-refractivity contribution is 5.95. The molecule has 6 rings (SSSR count). The number of aromatic nitrogens is 3. The summed E-state index contributed by atoms with van der Waals surface area (Å²) in [5.41, 5.74) is 2.34. The first kappa shape index (κ1) is 19.3. The fourth-order valence-electron chi connectivity index (χ4n) is 5.28. The van der Waals surface area contributed by atoms with Crippen LogP contribution in [0.4, 0.5) is 0 Å². The zero-order chi connectivity index (χ0) is 22.9. The van der Waals surface area contributed by atoms with E-state index in [1.165, 1.54) is 10.8 Å². The molecule has 2 bridgehead atoms. The van der Waals surface area contributed by atoms with Gasteiger partial charge in [-0.3, -0.25) is 9.36 Å². The van der Waals surface area contributed by atoms with Crippen molar-refractivity contribution >= 4 is 16.7 Å². The third-order valence-electron chi connectivity index (χ3n) is 6.70. The van der Waals surface area contributed by atoms with Gasteiger partial charge in [0, 0.05) is 22.9 Å². The van der Waals surface area contributed by atoms with Gasteiger partial charge in [0.15, 0.2) is 0 Å². The highest BCUT2D eigenvalue weighted by Crippen LogP contribution is 2.49. The number of pyridine rings is 1. The van der Waals surface area contributed by atoms with Gasteiger partial charge in [-0.1, -0.05) is 42.0 Å². The lowest BCUT2D eigenvalue weighted by molar-refractivity contribution is 0.0711. The minimum atomic E-state index is -0.380. The number of rotatable bonds is 2. The highest BCUT2D eigenvalue weighted by Gasteiger charge is 2.49. The van der Waals surface area contributed by atoms with E-state index in [1.807, 2.05) is 31.2 Å². The van der Waals surface area contributed by atoms with Gasteiger partial charge in [0.2, 0.25) is 5.88 Å². The summed E-state index contributed by atoms with van der Waals surface area (Å²) in [6, 6.07) is 16.1. The summed E-state index contributed by atoms with van der Waals surface area (Å²) in [7, 11) is 0. The summed E-state index contributed by atoms with van der Waals surface area (Å²) < 4.78 is 2.85. The molecule has 2 aliphatic rings. The molecule has 0 spiro atoms. The zero-order valence-corrected chi connectivity index (χ0v) is 17.8. The lowest BCUT2D eigenvalue weighted by Gasteiger charge is -2.27. The normalized spacial score (nSPS) is 18.5. The summed E-state index contributed by atoms with van der Waals surface area (Å²) >= 11 is 0. The number of imidazole rings is 1. The average Bonchev–Trinajstić information content (AvgIpc) is 3.49. The molecule has 8 nitrogen and oxygen atoms in total. The largest absolute Gasteiger partial charge is 0.493 e. The number of carbonyl (C=O) groups excluding carboxylic acids is 1. The smallest absolute Gasteiger partial charge is 0.336 e. The Bertz CT molecular complexity index is 1580. The minimum Gasteiger partial charge on any atom is -0.493 e. The fourth-order valence-corrected chi connectivity index (χ4v) is 5.28. The van der Waals surface area contributed by atoms with Gasteiger partial charge in [-0.25, -0.2) is 14.3 Å². The molecule has 0 aliphatic carbocycles. The van der Waals surface area contributed by atoms with Crippen LogP contribution in [0, 0.1) is 18.3 Å². The molecule has 4 aromatic rings. The maximum absolute atomic E-state index is 13.4. The van der Waals surface area contributed by atoms with Crippen molar-refractivity contribution in [3.05, 3.63) is 87.7 Å². The summed E-state index contributed by atoms with van der Waals surface area (Å²) in [5.74, 6) is -0.298. The number of likely N-dealkylation sites (tertiary alicyclic amines) is 1. The monoisotopic (exact) mass is 437 g/mol. The van der Waals surface area contributed by atoms with Crippen LogP contribution in [0.1, 0.15) is 45.8 Å². The standard InChI is InChI=1S/C25H19N5O3/c1-14-5-4-6-15(9-14)23(31)28-13-16-10-20(28)22-24(32)30(25(33)29(16)22)21-12-27-19(11-26)17-7-2-3-8-18(17)21/h2-9,12,16,20,32H,10,13H2,1H3. The summed E-state index contributed by atoms with van der Waals surface area (Å²) in [4.78, 5) is 32.6. The van der Waals surface area contributed by atoms with Gasteiger partial charge in [0.25, 0.3) is 5.91 Å². The number of nitriles is 1. The summed E-state index contributed by atoms with van der Waals surface area (Å²) in [6.07, 6.45) is 2.04. The quantitative estimate of drug-likeness (QED) is 0.519. The Labute approximate surface area is 188 Å². The second kappa shape index (κ2) is 6.81. The molecule has 2 aromatic carbocycles. The van der Waals surface area contributed by atoms with Crippen LogP contribution in [0.3, 0.4) is 0 Å². The Hall–Kier alpha value is -4.38. The lowest BCUT2D eigenvalue weighted by atomic mass is 10.1. The van der Waals surface area contributed by atoms with E-state index in [-0.39, 0.29) is 35.3 Å². The average molecular weight is 437 g/mol. The van der Waals surface area contributed by atoms with Gasteiger partial charge < -0.3 is 10.0 Å². The molecule has 33 heavy (non-hydrogen) atoms. The predicted molar refractivity (Wildman–Crippen MR) is 120 cm³/mol. The van der Waals surface area contributed by atoms with Crippen molar-refractivity contribution in [1.82, 2.24) is 19.0 Å². The molecule has 2 atom stereocenters. The summed E-state index contributed by atoms with van der Waals surface area (Å²) in [5, 5.41) is 21.9. The summed E-state index contributed by atoms with van der Waals surface area (Å²) in [6.45, 7) is 2.35. The van der Waals surface area contributed by atoms with E-state index in [1.54, 1.807) is 33.7 Å². The second-order valence-corrected chi connectivity index (χ2v) is 8.58. The SMILES string of the molecule is Cc1cccc(C(=O)N2CC3CC2c2c(O)n(-c4cnc(C#N)c5ccccc45)c(=O)n23)c1.